The smallest absolute Gasteiger partial charge is 0.204 e. The molecule has 8 heteroatoms. The maximum atomic E-state index is 5.29. The Morgan fingerprint density at radius 3 is 2.68 bits per heavy atom. The molecule has 102 valence electrons. The number of methoxy groups -OCH3 is 1. The van der Waals surface area contributed by atoms with Crippen molar-refractivity contribution in [3.05, 3.63) is 18.5 Å². The summed E-state index contributed by atoms with van der Waals surface area (Å²) in [5.41, 5.74) is 0. The molecule has 2 heterocycles. The van der Waals surface area contributed by atoms with Crippen LogP contribution in [0.4, 0.5) is 11.6 Å². The van der Waals surface area contributed by atoms with Crippen LogP contribution in [-0.4, -0.2) is 45.4 Å². The molecule has 0 amide bonds. The average Bonchev–Trinajstić information content (AvgIpc) is 2.84. The minimum Gasteiger partial charge on any atom is -0.490 e. The fourth-order valence-electron chi connectivity index (χ4n) is 1.66. The molecule has 0 aliphatic rings. The number of aryl methyl sites for hydroxylation is 1. The summed E-state index contributed by atoms with van der Waals surface area (Å²) in [6.45, 7) is 0.667. The normalized spacial score (nSPS) is 10.3. The second-order valence-electron chi connectivity index (χ2n) is 3.87. The number of ether oxygens (including phenoxy) is 1. The quantitative estimate of drug-likeness (QED) is 0.775. The summed E-state index contributed by atoms with van der Waals surface area (Å²) >= 11 is 0. The van der Waals surface area contributed by atoms with E-state index < -0.39 is 0 Å². The molecule has 2 N–H and O–H groups in total. The maximum Gasteiger partial charge on any atom is 0.204 e. The lowest BCUT2D eigenvalue weighted by Crippen LogP contribution is -2.10. The van der Waals surface area contributed by atoms with Crippen LogP contribution < -0.4 is 15.4 Å². The molecule has 2 rings (SSSR count). The molecule has 19 heavy (non-hydrogen) atoms. The second-order valence-corrected chi connectivity index (χ2v) is 3.87. The highest BCUT2D eigenvalue weighted by molar-refractivity contribution is 5.63. The van der Waals surface area contributed by atoms with E-state index in [9.17, 15) is 0 Å². The van der Waals surface area contributed by atoms with Crippen LogP contribution >= 0.6 is 0 Å². The van der Waals surface area contributed by atoms with E-state index in [0.29, 0.717) is 30.4 Å². The van der Waals surface area contributed by atoms with Crippen molar-refractivity contribution in [2.24, 2.45) is 7.05 Å². The number of hydrogen-bond acceptors (Lipinski definition) is 7. The van der Waals surface area contributed by atoms with E-state index in [4.69, 9.17) is 4.74 Å². The maximum absolute atomic E-state index is 5.29. The molecular formula is C11H17N7O. The van der Waals surface area contributed by atoms with Crippen molar-refractivity contribution >= 4 is 11.6 Å². The molecule has 0 aromatic carbocycles. The van der Waals surface area contributed by atoms with Gasteiger partial charge in [-0.05, 0) is 0 Å². The highest BCUT2D eigenvalue weighted by atomic mass is 16.5. The summed E-state index contributed by atoms with van der Waals surface area (Å²) in [5, 5.41) is 10.4. The number of nitrogens with zero attached hydrogens (tertiary/aromatic N) is 5. The second kappa shape index (κ2) is 5.98. The first-order valence-electron chi connectivity index (χ1n) is 5.89. The van der Waals surface area contributed by atoms with Gasteiger partial charge in [0.05, 0.1) is 7.11 Å². The molecular weight excluding hydrogens is 246 g/mol. The summed E-state index contributed by atoms with van der Waals surface area (Å²) in [4.78, 5) is 12.4. The first kappa shape index (κ1) is 13.1. The third-order valence-electron chi connectivity index (χ3n) is 2.53. The SMILES string of the molecule is CNc1ncnc(NCCc2ncn(C)n2)c1OC. The Morgan fingerprint density at radius 1 is 1.26 bits per heavy atom. The molecule has 8 nitrogen and oxygen atoms in total. The number of aromatic nitrogens is 5. The molecule has 0 saturated heterocycles. The van der Waals surface area contributed by atoms with Crippen molar-refractivity contribution in [1.82, 2.24) is 24.7 Å². The third-order valence-corrected chi connectivity index (χ3v) is 2.53. The van der Waals surface area contributed by atoms with Gasteiger partial charge >= 0.3 is 0 Å². The highest BCUT2D eigenvalue weighted by Gasteiger charge is 2.10. The summed E-state index contributed by atoms with van der Waals surface area (Å²) in [7, 11) is 5.22. The van der Waals surface area contributed by atoms with Gasteiger partial charge in [-0.25, -0.2) is 15.0 Å². The van der Waals surface area contributed by atoms with Gasteiger partial charge in [0.15, 0.2) is 17.5 Å². The lowest BCUT2D eigenvalue weighted by Gasteiger charge is -2.11. The molecule has 0 aliphatic heterocycles. The van der Waals surface area contributed by atoms with Gasteiger partial charge < -0.3 is 15.4 Å². The fourth-order valence-corrected chi connectivity index (χ4v) is 1.66. The van der Waals surface area contributed by atoms with E-state index in [0.717, 1.165) is 5.82 Å². The number of hydrogen-bond donors (Lipinski definition) is 2. The van der Waals surface area contributed by atoms with Crippen LogP contribution in [0.2, 0.25) is 0 Å². The van der Waals surface area contributed by atoms with Gasteiger partial charge in [-0.3, -0.25) is 4.68 Å². The summed E-state index contributed by atoms with van der Waals surface area (Å²) < 4.78 is 6.97. The Hall–Kier alpha value is -2.38. The zero-order chi connectivity index (χ0) is 13.7. The van der Waals surface area contributed by atoms with Gasteiger partial charge in [-0.15, -0.1) is 0 Å². The molecule has 0 radical (unpaired) electrons. The summed E-state index contributed by atoms with van der Waals surface area (Å²) in [5.74, 6) is 2.68. The molecule has 0 atom stereocenters. The third kappa shape index (κ3) is 3.09. The van der Waals surface area contributed by atoms with E-state index in [-0.39, 0.29) is 0 Å². The van der Waals surface area contributed by atoms with Gasteiger partial charge in [0.25, 0.3) is 0 Å². The number of nitrogens with one attached hydrogen (secondary N) is 2. The number of rotatable bonds is 6. The van der Waals surface area contributed by atoms with Crippen LogP contribution in [0.15, 0.2) is 12.7 Å². The van der Waals surface area contributed by atoms with Crippen molar-refractivity contribution in [3.63, 3.8) is 0 Å². The number of anilines is 2. The van der Waals surface area contributed by atoms with Crippen LogP contribution in [0, 0.1) is 0 Å². The molecule has 0 unspecified atom stereocenters. The highest BCUT2D eigenvalue weighted by Crippen LogP contribution is 2.28. The van der Waals surface area contributed by atoms with E-state index in [1.165, 1.54) is 6.33 Å². The van der Waals surface area contributed by atoms with E-state index >= 15 is 0 Å². The predicted octanol–water partition coefficient (Wildman–Crippen LogP) is 0.310. The van der Waals surface area contributed by atoms with Crippen molar-refractivity contribution < 1.29 is 4.74 Å². The van der Waals surface area contributed by atoms with Crippen LogP contribution in [0.3, 0.4) is 0 Å². The topological polar surface area (TPSA) is 89.8 Å². The van der Waals surface area contributed by atoms with Crippen molar-refractivity contribution in [3.8, 4) is 5.75 Å². The van der Waals surface area contributed by atoms with E-state index in [1.807, 2.05) is 7.05 Å². The van der Waals surface area contributed by atoms with Gasteiger partial charge in [0.2, 0.25) is 5.75 Å². The first-order chi connectivity index (χ1) is 9.24. The van der Waals surface area contributed by atoms with Gasteiger partial charge in [-0.2, -0.15) is 5.10 Å². The molecule has 2 aromatic rings. The molecule has 0 fully saturated rings. The van der Waals surface area contributed by atoms with Crippen molar-refractivity contribution in [2.75, 3.05) is 31.3 Å². The average molecular weight is 263 g/mol. The Labute approximate surface area is 111 Å². The van der Waals surface area contributed by atoms with Gasteiger partial charge in [0.1, 0.15) is 12.7 Å². The molecule has 0 saturated carbocycles. The fraction of sp³-hybridized carbons (Fsp3) is 0.455. The van der Waals surface area contributed by atoms with Gasteiger partial charge in [0, 0.05) is 27.1 Å². The van der Waals surface area contributed by atoms with Gasteiger partial charge in [-0.1, -0.05) is 0 Å². The predicted molar refractivity (Wildman–Crippen MR) is 71.3 cm³/mol. The van der Waals surface area contributed by atoms with E-state index in [2.05, 4.69) is 30.7 Å². The van der Waals surface area contributed by atoms with Crippen LogP contribution in [-0.2, 0) is 13.5 Å². The van der Waals surface area contributed by atoms with Crippen molar-refractivity contribution in [2.45, 2.75) is 6.42 Å². The Morgan fingerprint density at radius 2 is 2.05 bits per heavy atom. The largest absolute Gasteiger partial charge is 0.490 e. The van der Waals surface area contributed by atoms with Crippen LogP contribution in [0.25, 0.3) is 0 Å². The zero-order valence-electron chi connectivity index (χ0n) is 11.2. The summed E-state index contributed by atoms with van der Waals surface area (Å²) in [6, 6.07) is 0. The Balaban J connectivity index is 1.99. The van der Waals surface area contributed by atoms with Crippen LogP contribution in [0.5, 0.6) is 5.75 Å². The molecule has 0 bridgehead atoms. The zero-order valence-corrected chi connectivity index (χ0v) is 11.2. The van der Waals surface area contributed by atoms with E-state index in [1.54, 1.807) is 25.2 Å². The lowest BCUT2D eigenvalue weighted by atomic mass is 10.4. The molecule has 0 spiro atoms. The van der Waals surface area contributed by atoms with Crippen LogP contribution in [0.1, 0.15) is 5.82 Å². The minimum absolute atomic E-state index is 0.596. The van der Waals surface area contributed by atoms with Crippen molar-refractivity contribution in [1.29, 1.82) is 0 Å². The lowest BCUT2D eigenvalue weighted by molar-refractivity contribution is 0.415. The Bertz CT molecular complexity index is 540. The Kier molecular flexibility index (Phi) is 4.11. The standard InChI is InChI=1S/C11H17N7O/c1-12-10-9(19-3)11(15-6-14-10)13-5-4-8-16-7-18(2)17-8/h6-7H,4-5H2,1-3H3,(H2,12,13,14,15). The summed E-state index contributed by atoms with van der Waals surface area (Å²) in [6.07, 6.45) is 3.87. The first-order valence-corrected chi connectivity index (χ1v) is 5.89. The minimum atomic E-state index is 0.596. The monoisotopic (exact) mass is 263 g/mol. The molecule has 0 aliphatic carbocycles. The molecule has 2 aromatic heterocycles.